The smallest absolute Gasteiger partial charge is 0.372 e. The van der Waals surface area contributed by atoms with E-state index in [1.807, 2.05) is 20.8 Å². The van der Waals surface area contributed by atoms with E-state index >= 15 is 0 Å². The molecule has 0 N–H and O–H groups in total. The summed E-state index contributed by atoms with van der Waals surface area (Å²) in [5.74, 6) is -1.64. The van der Waals surface area contributed by atoms with Gasteiger partial charge in [0, 0.05) is 6.61 Å². The maximum Gasteiger partial charge on any atom is 0.372 e. The Morgan fingerprint density at radius 3 is 2.07 bits per heavy atom. The van der Waals surface area contributed by atoms with E-state index in [9.17, 15) is 9.59 Å². The van der Waals surface area contributed by atoms with Gasteiger partial charge < -0.3 is 14.2 Å². The first kappa shape index (κ1) is 26.7. The molecular weight excluding hydrogens is 382 g/mol. The highest BCUT2D eigenvalue weighted by Gasteiger charge is 2.54. The summed E-state index contributed by atoms with van der Waals surface area (Å²) >= 11 is 0. The van der Waals surface area contributed by atoms with Gasteiger partial charge >= 0.3 is 11.9 Å². The molecule has 0 heterocycles. The van der Waals surface area contributed by atoms with Gasteiger partial charge in [-0.1, -0.05) is 32.4 Å². The van der Waals surface area contributed by atoms with Crippen LogP contribution in [0.5, 0.6) is 0 Å². The Kier molecular flexibility index (Phi) is 14.9. The standard InChI is InChI=1S/C19H38NO7Si/c1-7-11-13-26-17(21)15-16(18(22)27-14-12-8-2)20(23-5,24-6)19(25-9-3)28-10-4/h10,16,19H,4,7-9,11-15,28H2,1-3,5-6H3/q+1. The first-order chi connectivity index (χ1) is 13.5. The second-order valence-corrected chi connectivity index (χ2v) is 8.01. The van der Waals surface area contributed by atoms with E-state index < -0.39 is 38.2 Å². The lowest BCUT2D eigenvalue weighted by atomic mass is 10.2. The number of unbranched alkanes of at least 4 members (excludes halogenated alkanes) is 2. The van der Waals surface area contributed by atoms with Crippen molar-refractivity contribution in [3.05, 3.63) is 12.3 Å². The summed E-state index contributed by atoms with van der Waals surface area (Å²) in [7, 11) is 1.79. The number of hydrogen-bond acceptors (Lipinski definition) is 7. The average molecular weight is 421 g/mol. The minimum atomic E-state index is -1.06. The number of ether oxygens (including phenoxy) is 3. The number of esters is 2. The molecule has 0 amide bonds. The van der Waals surface area contributed by atoms with Crippen molar-refractivity contribution in [2.75, 3.05) is 34.0 Å². The molecule has 0 spiro atoms. The molecule has 0 aromatic rings. The van der Waals surface area contributed by atoms with Crippen LogP contribution in [0.2, 0.25) is 0 Å². The fourth-order valence-corrected chi connectivity index (χ4v) is 4.24. The molecule has 28 heavy (non-hydrogen) atoms. The molecule has 0 saturated carbocycles. The molecule has 164 valence electrons. The number of hydrogen-bond donors (Lipinski definition) is 0. The molecule has 0 aliphatic carbocycles. The number of nitrogens with zero attached hydrogens (tertiary/aromatic N) is 1. The lowest BCUT2D eigenvalue weighted by Gasteiger charge is -2.39. The lowest BCUT2D eigenvalue weighted by Crippen LogP contribution is -2.65. The summed E-state index contributed by atoms with van der Waals surface area (Å²) in [6.07, 6.45) is 3.05. The molecule has 0 aliphatic heterocycles. The minimum absolute atomic E-state index is 0.231. The van der Waals surface area contributed by atoms with Crippen molar-refractivity contribution in [1.82, 2.24) is 0 Å². The van der Waals surface area contributed by atoms with Gasteiger partial charge in [0.25, 0.3) is 6.04 Å². The van der Waals surface area contributed by atoms with Crippen molar-refractivity contribution in [2.45, 2.75) is 64.8 Å². The summed E-state index contributed by atoms with van der Waals surface area (Å²) in [6.45, 7) is 10.6. The van der Waals surface area contributed by atoms with Gasteiger partial charge in [-0.3, -0.25) is 4.79 Å². The zero-order valence-electron chi connectivity index (χ0n) is 18.1. The minimum Gasteiger partial charge on any atom is -0.465 e. The van der Waals surface area contributed by atoms with Crippen LogP contribution < -0.4 is 0 Å². The summed E-state index contributed by atoms with van der Waals surface area (Å²) in [5, 5.41) is 0. The Balaban J connectivity index is 5.70. The summed E-state index contributed by atoms with van der Waals surface area (Å²) < 4.78 is 16.5. The van der Waals surface area contributed by atoms with Crippen LogP contribution in [0.3, 0.4) is 0 Å². The number of rotatable bonds is 17. The summed E-state index contributed by atoms with van der Waals surface area (Å²) in [4.78, 5) is 35.9. The van der Waals surface area contributed by atoms with Gasteiger partial charge in [0.1, 0.15) is 6.42 Å². The number of hydroxylamine groups is 4. The fourth-order valence-electron chi connectivity index (χ4n) is 2.74. The number of carbonyl (C=O) groups excluding carboxylic acids is 2. The van der Waals surface area contributed by atoms with Gasteiger partial charge in [-0.15, -0.1) is 6.58 Å². The van der Waals surface area contributed by atoms with Crippen molar-refractivity contribution in [3.63, 3.8) is 0 Å². The van der Waals surface area contributed by atoms with Gasteiger partial charge in [0.05, 0.1) is 27.4 Å². The normalized spacial score (nSPS) is 14.0. The van der Waals surface area contributed by atoms with Crippen LogP contribution in [0.15, 0.2) is 12.3 Å². The van der Waals surface area contributed by atoms with Crippen molar-refractivity contribution in [3.8, 4) is 0 Å². The molecule has 0 aromatic heterocycles. The van der Waals surface area contributed by atoms with E-state index in [4.69, 9.17) is 23.9 Å². The van der Waals surface area contributed by atoms with Crippen LogP contribution in [0, 0.1) is 0 Å². The molecule has 0 aliphatic rings. The third-order valence-electron chi connectivity index (χ3n) is 4.27. The molecule has 0 bridgehead atoms. The largest absolute Gasteiger partial charge is 0.465 e. The molecule has 9 heteroatoms. The summed E-state index contributed by atoms with van der Waals surface area (Å²) in [5.41, 5.74) is 1.78. The van der Waals surface area contributed by atoms with Gasteiger partial charge in [0.2, 0.25) is 5.85 Å². The van der Waals surface area contributed by atoms with Crippen molar-refractivity contribution in [2.24, 2.45) is 0 Å². The van der Waals surface area contributed by atoms with Crippen LogP contribution >= 0.6 is 0 Å². The molecule has 0 aromatic carbocycles. The monoisotopic (exact) mass is 420 g/mol. The molecule has 0 saturated heterocycles. The van der Waals surface area contributed by atoms with Crippen molar-refractivity contribution >= 4 is 21.5 Å². The first-order valence-corrected chi connectivity index (χ1v) is 11.6. The van der Waals surface area contributed by atoms with Gasteiger partial charge in [-0.05, 0) is 24.6 Å². The molecule has 0 fully saturated rings. The third kappa shape index (κ3) is 8.40. The third-order valence-corrected chi connectivity index (χ3v) is 5.75. The zero-order chi connectivity index (χ0) is 21.4. The van der Waals surface area contributed by atoms with E-state index in [1.54, 1.807) is 5.70 Å². The molecule has 2 atom stereocenters. The highest BCUT2D eigenvalue weighted by molar-refractivity contribution is 6.42. The Bertz CT molecular complexity index is 458. The average Bonchev–Trinajstić information content (AvgIpc) is 2.69. The Hall–Kier alpha value is -1.26. The second-order valence-electron chi connectivity index (χ2n) is 6.26. The maximum atomic E-state index is 12.9. The maximum absolute atomic E-state index is 12.9. The van der Waals surface area contributed by atoms with Crippen molar-refractivity contribution < 1.29 is 38.3 Å². The highest BCUT2D eigenvalue weighted by Crippen LogP contribution is 2.25. The molecule has 0 radical (unpaired) electrons. The second kappa shape index (κ2) is 15.6. The van der Waals surface area contributed by atoms with E-state index in [0.717, 1.165) is 25.7 Å². The van der Waals surface area contributed by atoms with Crippen LogP contribution in [0.25, 0.3) is 0 Å². The molecule has 0 rings (SSSR count). The Morgan fingerprint density at radius 2 is 1.61 bits per heavy atom. The Labute approximate surface area is 171 Å². The molecule has 2 unspecified atom stereocenters. The van der Waals surface area contributed by atoms with Crippen LogP contribution in [-0.2, 0) is 33.5 Å². The van der Waals surface area contributed by atoms with Gasteiger partial charge in [-0.25, -0.2) is 4.79 Å². The fraction of sp³-hybridized carbons (Fsp3) is 0.789. The number of quaternary nitrogens is 1. The topological polar surface area (TPSA) is 80.3 Å². The van der Waals surface area contributed by atoms with Crippen LogP contribution in [-0.4, -0.2) is 72.2 Å². The predicted octanol–water partition coefficient (Wildman–Crippen LogP) is 2.00. The highest BCUT2D eigenvalue weighted by atomic mass is 28.2. The van der Waals surface area contributed by atoms with Gasteiger partial charge in [-0.2, -0.15) is 9.68 Å². The van der Waals surface area contributed by atoms with Gasteiger partial charge in [0.15, 0.2) is 9.52 Å². The molecular formula is C19H38NO7Si+. The Morgan fingerprint density at radius 1 is 1.04 bits per heavy atom. The van der Waals surface area contributed by atoms with Crippen molar-refractivity contribution in [1.29, 1.82) is 0 Å². The zero-order valence-corrected chi connectivity index (χ0v) is 19.5. The van der Waals surface area contributed by atoms with E-state index in [1.165, 1.54) is 14.2 Å². The quantitative estimate of drug-likeness (QED) is 0.0889. The predicted molar refractivity (Wildman–Crippen MR) is 109 cm³/mol. The number of carbonyl (C=O) groups is 2. The SMILES string of the molecule is C=C[SiH2]C(OCC)[N+](OC)(OC)C(CC(=O)OCCCC)C(=O)OCCCC. The molecule has 8 nitrogen and oxygen atoms in total. The van der Waals surface area contributed by atoms with E-state index in [0.29, 0.717) is 13.2 Å². The van der Waals surface area contributed by atoms with Crippen LogP contribution in [0.4, 0.5) is 0 Å². The van der Waals surface area contributed by atoms with Crippen LogP contribution in [0.1, 0.15) is 52.9 Å². The summed E-state index contributed by atoms with van der Waals surface area (Å²) in [6, 6.07) is -1.06. The lowest BCUT2D eigenvalue weighted by molar-refractivity contribution is -1.27. The van der Waals surface area contributed by atoms with E-state index in [-0.39, 0.29) is 13.0 Å². The van der Waals surface area contributed by atoms with E-state index in [2.05, 4.69) is 6.58 Å². The first-order valence-electron chi connectivity index (χ1n) is 10.0.